The first kappa shape index (κ1) is 19.1. The van der Waals surface area contributed by atoms with Gasteiger partial charge in [0, 0.05) is 24.9 Å². The van der Waals surface area contributed by atoms with Crippen LogP contribution in [0.4, 0.5) is 0 Å². The lowest BCUT2D eigenvalue weighted by atomic mass is 9.84. The number of fused-ring (bicyclic) bond motifs is 1. The molecule has 27 heavy (non-hydrogen) atoms. The van der Waals surface area contributed by atoms with E-state index >= 15 is 0 Å². The van der Waals surface area contributed by atoms with Gasteiger partial charge in [0.05, 0.1) is 0 Å². The van der Waals surface area contributed by atoms with Gasteiger partial charge in [-0.2, -0.15) is 0 Å². The minimum Gasteiger partial charge on any atom is -0.481 e. The number of nitrogens with zero attached hydrogens (tertiary/aromatic N) is 2. The zero-order chi connectivity index (χ0) is 19.2. The van der Waals surface area contributed by atoms with Crippen LogP contribution in [0.15, 0.2) is 35.4 Å². The molecule has 2 N–H and O–H groups in total. The number of aliphatic carboxylic acids is 1. The van der Waals surface area contributed by atoms with Crippen molar-refractivity contribution in [1.29, 1.82) is 0 Å². The third-order valence-electron chi connectivity index (χ3n) is 5.24. The second-order valence-corrected chi connectivity index (χ2v) is 7.25. The molecule has 2 heterocycles. The minimum atomic E-state index is -0.884. The number of carbonyl (C=O) groups is 2. The summed E-state index contributed by atoms with van der Waals surface area (Å²) in [5.41, 5.74) is 0.0269. The van der Waals surface area contributed by atoms with Crippen molar-refractivity contribution in [1.82, 2.24) is 14.7 Å². The smallest absolute Gasteiger partial charge is 0.303 e. The Balaban J connectivity index is 1.75. The SMILES string of the molecule is O=C(O)CCC(CC1CCCCC1)NC(=O)c1cnc2ccccn2c1=O. The summed E-state index contributed by atoms with van der Waals surface area (Å²) in [7, 11) is 0. The van der Waals surface area contributed by atoms with Gasteiger partial charge < -0.3 is 10.4 Å². The average molecular weight is 371 g/mol. The summed E-state index contributed by atoms with van der Waals surface area (Å²) >= 11 is 0. The van der Waals surface area contributed by atoms with E-state index in [0.29, 0.717) is 18.0 Å². The van der Waals surface area contributed by atoms with E-state index in [1.165, 1.54) is 29.9 Å². The molecule has 0 saturated heterocycles. The number of nitrogens with one attached hydrogen (secondary N) is 1. The number of pyridine rings is 1. The van der Waals surface area contributed by atoms with Crippen molar-refractivity contribution in [2.75, 3.05) is 0 Å². The number of carboxylic acid groups (broad SMARTS) is 1. The van der Waals surface area contributed by atoms with E-state index in [2.05, 4.69) is 10.3 Å². The van der Waals surface area contributed by atoms with Crippen LogP contribution in [0.3, 0.4) is 0 Å². The van der Waals surface area contributed by atoms with E-state index in [4.69, 9.17) is 5.11 Å². The molecule has 0 bridgehead atoms. The van der Waals surface area contributed by atoms with Crippen molar-refractivity contribution in [3.63, 3.8) is 0 Å². The van der Waals surface area contributed by atoms with Crippen LogP contribution in [0.1, 0.15) is 61.7 Å². The van der Waals surface area contributed by atoms with Gasteiger partial charge in [-0.1, -0.05) is 38.2 Å². The molecule has 7 nitrogen and oxygen atoms in total. The fourth-order valence-electron chi connectivity index (χ4n) is 3.82. The van der Waals surface area contributed by atoms with E-state index in [9.17, 15) is 14.4 Å². The highest BCUT2D eigenvalue weighted by Gasteiger charge is 2.23. The summed E-state index contributed by atoms with van der Waals surface area (Å²) in [6, 6.07) is 4.92. The van der Waals surface area contributed by atoms with Crippen LogP contribution in [-0.4, -0.2) is 32.4 Å². The highest BCUT2D eigenvalue weighted by atomic mass is 16.4. The first-order valence-electron chi connectivity index (χ1n) is 9.53. The van der Waals surface area contributed by atoms with Crippen LogP contribution in [0.25, 0.3) is 5.65 Å². The van der Waals surface area contributed by atoms with Crippen LogP contribution >= 0.6 is 0 Å². The summed E-state index contributed by atoms with van der Waals surface area (Å²) in [6.45, 7) is 0. The molecule has 1 aliphatic rings. The number of hydrogen-bond donors (Lipinski definition) is 2. The Morgan fingerprint density at radius 2 is 2.04 bits per heavy atom. The fourth-order valence-corrected chi connectivity index (χ4v) is 3.82. The predicted molar refractivity (Wildman–Crippen MR) is 101 cm³/mol. The van der Waals surface area contributed by atoms with Crippen molar-refractivity contribution in [2.45, 2.75) is 57.4 Å². The molecule has 0 radical (unpaired) electrons. The standard InChI is InChI=1S/C20H25N3O4/c24-18(25)10-9-15(12-14-6-2-1-3-7-14)22-19(26)16-13-21-17-8-4-5-11-23(17)20(16)27/h4-5,8,11,13-15H,1-3,6-7,9-10,12H2,(H,22,26)(H,24,25). The molecule has 144 valence electrons. The van der Waals surface area contributed by atoms with Crippen LogP contribution in [0, 0.1) is 5.92 Å². The molecule has 0 aliphatic heterocycles. The predicted octanol–water partition coefficient (Wildman–Crippen LogP) is 2.63. The maximum atomic E-state index is 12.7. The maximum absolute atomic E-state index is 12.7. The first-order valence-corrected chi connectivity index (χ1v) is 9.53. The molecule has 1 unspecified atom stereocenters. The molecule has 2 aromatic heterocycles. The quantitative estimate of drug-likeness (QED) is 0.779. The lowest BCUT2D eigenvalue weighted by Crippen LogP contribution is -2.40. The molecule has 1 amide bonds. The summed E-state index contributed by atoms with van der Waals surface area (Å²) in [5, 5.41) is 11.9. The third-order valence-corrected chi connectivity index (χ3v) is 5.24. The Morgan fingerprint density at radius 3 is 2.78 bits per heavy atom. The zero-order valence-corrected chi connectivity index (χ0v) is 15.3. The number of carbonyl (C=O) groups excluding carboxylic acids is 1. The van der Waals surface area contributed by atoms with Gasteiger partial charge in [0.25, 0.3) is 11.5 Å². The van der Waals surface area contributed by atoms with Gasteiger partial charge in [-0.25, -0.2) is 4.98 Å². The van der Waals surface area contributed by atoms with Crippen LogP contribution in [0.5, 0.6) is 0 Å². The highest BCUT2D eigenvalue weighted by Crippen LogP contribution is 2.28. The van der Waals surface area contributed by atoms with Gasteiger partial charge >= 0.3 is 5.97 Å². The first-order chi connectivity index (χ1) is 13.0. The molecule has 1 atom stereocenters. The van der Waals surface area contributed by atoms with E-state index in [-0.39, 0.29) is 18.0 Å². The Morgan fingerprint density at radius 1 is 1.26 bits per heavy atom. The molecule has 7 heteroatoms. The van der Waals surface area contributed by atoms with Gasteiger partial charge in [-0.3, -0.25) is 18.8 Å². The molecule has 3 rings (SSSR count). The molecule has 1 fully saturated rings. The zero-order valence-electron chi connectivity index (χ0n) is 15.3. The van der Waals surface area contributed by atoms with E-state index in [0.717, 1.165) is 19.3 Å². The van der Waals surface area contributed by atoms with E-state index < -0.39 is 17.4 Å². The number of hydrogen-bond acceptors (Lipinski definition) is 4. The van der Waals surface area contributed by atoms with Crippen LogP contribution in [-0.2, 0) is 4.79 Å². The minimum absolute atomic E-state index is 0.00732. The average Bonchev–Trinajstić information content (AvgIpc) is 2.67. The summed E-state index contributed by atoms with van der Waals surface area (Å²) in [4.78, 5) is 40.4. The second-order valence-electron chi connectivity index (χ2n) is 7.25. The molecule has 0 spiro atoms. The fraction of sp³-hybridized carbons (Fsp3) is 0.500. The van der Waals surface area contributed by atoms with E-state index in [1.54, 1.807) is 24.4 Å². The van der Waals surface area contributed by atoms with Crippen molar-refractivity contribution >= 4 is 17.5 Å². The highest BCUT2D eigenvalue weighted by molar-refractivity contribution is 5.94. The molecule has 1 aliphatic carbocycles. The monoisotopic (exact) mass is 371 g/mol. The lowest BCUT2D eigenvalue weighted by molar-refractivity contribution is -0.137. The van der Waals surface area contributed by atoms with Gasteiger partial charge in [-0.05, 0) is 30.9 Å². The molecular formula is C20H25N3O4. The van der Waals surface area contributed by atoms with Gasteiger partial charge in [0.15, 0.2) is 0 Å². The number of carboxylic acids is 1. The number of aromatic nitrogens is 2. The van der Waals surface area contributed by atoms with Crippen LogP contribution < -0.4 is 10.9 Å². The molecular weight excluding hydrogens is 346 g/mol. The lowest BCUT2D eigenvalue weighted by Gasteiger charge is -2.27. The van der Waals surface area contributed by atoms with Crippen molar-refractivity contribution in [2.24, 2.45) is 5.92 Å². The maximum Gasteiger partial charge on any atom is 0.303 e. The molecule has 1 saturated carbocycles. The largest absolute Gasteiger partial charge is 0.481 e. The Labute approximate surface area is 157 Å². The van der Waals surface area contributed by atoms with Crippen LogP contribution in [0.2, 0.25) is 0 Å². The summed E-state index contributed by atoms with van der Waals surface area (Å²) in [6.07, 6.45) is 9.79. The van der Waals surface area contributed by atoms with Crippen molar-refractivity contribution < 1.29 is 14.7 Å². The third kappa shape index (κ3) is 4.93. The molecule has 2 aromatic rings. The Kier molecular flexibility index (Phi) is 6.21. The summed E-state index contributed by atoms with van der Waals surface area (Å²) in [5.74, 6) is -0.879. The number of amides is 1. The summed E-state index contributed by atoms with van der Waals surface area (Å²) < 4.78 is 1.34. The number of rotatable bonds is 7. The Bertz CT molecular complexity index is 871. The Hall–Kier alpha value is -2.70. The van der Waals surface area contributed by atoms with Gasteiger partial charge in [0.2, 0.25) is 0 Å². The topological polar surface area (TPSA) is 101 Å². The van der Waals surface area contributed by atoms with Gasteiger partial charge in [0.1, 0.15) is 11.2 Å². The normalized spacial score (nSPS) is 16.1. The van der Waals surface area contributed by atoms with Crippen molar-refractivity contribution in [3.05, 3.63) is 46.5 Å². The second kappa shape index (κ2) is 8.79. The van der Waals surface area contributed by atoms with E-state index in [1.807, 2.05) is 0 Å². The van der Waals surface area contributed by atoms with Gasteiger partial charge in [-0.15, -0.1) is 0 Å². The van der Waals surface area contributed by atoms with Crippen molar-refractivity contribution in [3.8, 4) is 0 Å². The molecule has 0 aromatic carbocycles.